The molecular weight excluding hydrogens is 130 g/mol. The normalized spacial score (nSPS) is 31.2. The topological polar surface area (TPSA) is 46.2 Å². The summed E-state index contributed by atoms with van der Waals surface area (Å²) >= 11 is 0. The van der Waals surface area contributed by atoms with Crippen LogP contribution in [0.2, 0.25) is 0 Å². The first kappa shape index (κ1) is 7.25. The minimum Gasteiger partial charge on any atom is -0.344 e. The average Bonchev–Trinajstić information content (AvgIpc) is 1.84. The van der Waals surface area contributed by atoms with Crippen molar-refractivity contribution in [2.75, 3.05) is 0 Å². The molecule has 1 fully saturated rings. The van der Waals surface area contributed by atoms with Crippen LogP contribution in [-0.4, -0.2) is 17.2 Å². The maximum absolute atomic E-state index is 10.9. The third-order valence-electron chi connectivity index (χ3n) is 1.92. The smallest absolute Gasteiger partial charge is 0.217 e. The number of hydrogen-bond acceptors (Lipinski definition) is 2. The predicted molar refractivity (Wildman–Crippen MR) is 36.5 cm³/mol. The molecule has 1 aliphatic carbocycles. The molecule has 0 spiro atoms. The molecule has 0 heterocycles. The highest BCUT2D eigenvalue weighted by Crippen LogP contribution is 2.26. The van der Waals surface area contributed by atoms with Gasteiger partial charge in [-0.25, -0.2) is 0 Å². The zero-order valence-electron chi connectivity index (χ0n) is 6.23. The van der Waals surface area contributed by atoms with Crippen LogP contribution < -0.4 is 5.32 Å². The van der Waals surface area contributed by atoms with Gasteiger partial charge in [-0.2, -0.15) is 0 Å². The Morgan fingerprint density at radius 3 is 2.40 bits per heavy atom. The number of carbonyl (C=O) groups is 2. The van der Waals surface area contributed by atoms with Crippen LogP contribution in [0, 0.1) is 0 Å². The van der Waals surface area contributed by atoms with Crippen molar-refractivity contribution in [2.24, 2.45) is 0 Å². The molecular formula is C7H11NO2. The van der Waals surface area contributed by atoms with Crippen molar-refractivity contribution in [3.63, 3.8) is 0 Å². The third kappa shape index (κ3) is 1.03. The lowest BCUT2D eigenvalue weighted by Gasteiger charge is -2.36. The highest BCUT2D eigenvalue weighted by Gasteiger charge is 2.41. The highest BCUT2D eigenvalue weighted by molar-refractivity contribution is 5.97. The number of nitrogens with one attached hydrogen (secondary N) is 1. The van der Waals surface area contributed by atoms with Gasteiger partial charge in [0.05, 0.1) is 5.54 Å². The molecule has 0 aliphatic heterocycles. The van der Waals surface area contributed by atoms with Gasteiger partial charge in [0.1, 0.15) is 0 Å². The second kappa shape index (κ2) is 2.08. The van der Waals surface area contributed by atoms with Gasteiger partial charge in [-0.15, -0.1) is 0 Å². The summed E-state index contributed by atoms with van der Waals surface area (Å²) < 4.78 is 0. The average molecular weight is 141 g/mol. The van der Waals surface area contributed by atoms with Gasteiger partial charge in [0, 0.05) is 13.3 Å². The Kier molecular flexibility index (Phi) is 1.50. The molecule has 1 saturated carbocycles. The molecule has 0 unspecified atom stereocenters. The first-order valence-electron chi connectivity index (χ1n) is 3.37. The molecule has 0 bridgehead atoms. The van der Waals surface area contributed by atoms with Crippen molar-refractivity contribution < 1.29 is 9.59 Å². The second-order valence-electron chi connectivity index (χ2n) is 2.94. The zero-order valence-corrected chi connectivity index (χ0v) is 6.23. The number of Topliss-reactive ketones (excluding diaryl/α,β-unsaturated/α-hetero) is 1. The quantitative estimate of drug-likeness (QED) is 0.568. The fourth-order valence-electron chi connectivity index (χ4n) is 1.12. The van der Waals surface area contributed by atoms with Crippen molar-refractivity contribution in [2.45, 2.75) is 32.2 Å². The molecule has 56 valence electrons. The third-order valence-corrected chi connectivity index (χ3v) is 1.92. The minimum atomic E-state index is -0.536. The van der Waals surface area contributed by atoms with Crippen LogP contribution in [0.4, 0.5) is 0 Å². The molecule has 0 saturated heterocycles. The first-order valence-corrected chi connectivity index (χ1v) is 3.37. The van der Waals surface area contributed by atoms with Gasteiger partial charge in [0.2, 0.25) is 5.91 Å². The van der Waals surface area contributed by atoms with Gasteiger partial charge >= 0.3 is 0 Å². The van der Waals surface area contributed by atoms with Crippen LogP contribution in [0.15, 0.2) is 0 Å². The molecule has 3 nitrogen and oxygen atoms in total. The molecule has 1 atom stereocenters. The van der Waals surface area contributed by atoms with E-state index in [0.29, 0.717) is 6.42 Å². The maximum atomic E-state index is 10.9. The molecule has 3 heteroatoms. The molecule has 0 aromatic heterocycles. The Bertz CT molecular complexity index is 188. The van der Waals surface area contributed by atoms with E-state index in [2.05, 4.69) is 5.32 Å². The van der Waals surface area contributed by atoms with E-state index in [4.69, 9.17) is 0 Å². The number of amides is 1. The van der Waals surface area contributed by atoms with Crippen molar-refractivity contribution in [1.82, 2.24) is 5.32 Å². The lowest BCUT2D eigenvalue weighted by molar-refractivity contribution is -0.137. The number of ketones is 1. The van der Waals surface area contributed by atoms with Crippen molar-refractivity contribution in [1.29, 1.82) is 0 Å². The monoisotopic (exact) mass is 141 g/mol. The summed E-state index contributed by atoms with van der Waals surface area (Å²) in [5, 5.41) is 2.62. The van der Waals surface area contributed by atoms with Crippen molar-refractivity contribution in [3.05, 3.63) is 0 Å². The predicted octanol–water partition coefficient (Wildman–Crippen LogP) is 0.244. The Balaban J connectivity index is 2.53. The van der Waals surface area contributed by atoms with Gasteiger partial charge in [-0.05, 0) is 13.3 Å². The van der Waals surface area contributed by atoms with Crippen LogP contribution in [0.3, 0.4) is 0 Å². The van der Waals surface area contributed by atoms with Gasteiger partial charge in [-0.1, -0.05) is 0 Å². The molecule has 0 aromatic rings. The SMILES string of the molecule is CC(=O)N[C@@]1(C)CCC1=O. The van der Waals surface area contributed by atoms with E-state index in [1.54, 1.807) is 6.92 Å². The molecule has 1 rings (SSSR count). The summed E-state index contributed by atoms with van der Waals surface area (Å²) in [6.45, 7) is 3.19. The largest absolute Gasteiger partial charge is 0.344 e. The molecule has 0 aromatic carbocycles. The van der Waals surface area contributed by atoms with E-state index >= 15 is 0 Å². The zero-order chi connectivity index (χ0) is 7.78. The Morgan fingerprint density at radius 2 is 2.30 bits per heavy atom. The molecule has 1 N–H and O–H groups in total. The van der Waals surface area contributed by atoms with Crippen LogP contribution in [-0.2, 0) is 9.59 Å². The number of carbonyl (C=O) groups excluding carboxylic acids is 2. The first-order chi connectivity index (χ1) is 4.54. The summed E-state index contributed by atoms with van der Waals surface area (Å²) in [6.07, 6.45) is 1.39. The summed E-state index contributed by atoms with van der Waals surface area (Å²) in [4.78, 5) is 21.4. The van der Waals surface area contributed by atoms with Crippen LogP contribution in [0.1, 0.15) is 26.7 Å². The second-order valence-corrected chi connectivity index (χ2v) is 2.94. The van der Waals surface area contributed by atoms with Gasteiger partial charge in [0.25, 0.3) is 0 Å². The van der Waals surface area contributed by atoms with E-state index in [9.17, 15) is 9.59 Å². The van der Waals surface area contributed by atoms with Crippen molar-refractivity contribution >= 4 is 11.7 Å². The Labute approximate surface area is 59.8 Å². The fraction of sp³-hybridized carbons (Fsp3) is 0.714. The minimum absolute atomic E-state index is 0.129. The van der Waals surface area contributed by atoms with Crippen LogP contribution in [0.25, 0.3) is 0 Å². The molecule has 1 aliphatic rings. The summed E-state index contributed by atoms with van der Waals surface area (Å²) in [7, 11) is 0. The van der Waals surface area contributed by atoms with Crippen LogP contribution in [0.5, 0.6) is 0 Å². The highest BCUT2D eigenvalue weighted by atomic mass is 16.2. The summed E-state index contributed by atoms with van der Waals surface area (Å²) in [5.74, 6) is 0.0123. The van der Waals surface area contributed by atoms with Crippen molar-refractivity contribution in [3.8, 4) is 0 Å². The fourth-order valence-corrected chi connectivity index (χ4v) is 1.12. The Morgan fingerprint density at radius 1 is 1.70 bits per heavy atom. The van der Waals surface area contributed by atoms with E-state index in [-0.39, 0.29) is 11.7 Å². The maximum Gasteiger partial charge on any atom is 0.217 e. The van der Waals surface area contributed by atoms with Gasteiger partial charge in [-0.3, -0.25) is 9.59 Å². The molecule has 10 heavy (non-hydrogen) atoms. The van der Waals surface area contributed by atoms with E-state index < -0.39 is 5.54 Å². The van der Waals surface area contributed by atoms with E-state index in [0.717, 1.165) is 6.42 Å². The lowest BCUT2D eigenvalue weighted by Crippen LogP contribution is -2.58. The summed E-state index contributed by atoms with van der Waals surface area (Å²) in [5.41, 5.74) is -0.536. The molecule has 1 amide bonds. The van der Waals surface area contributed by atoms with E-state index in [1.165, 1.54) is 6.92 Å². The van der Waals surface area contributed by atoms with Gasteiger partial charge < -0.3 is 5.32 Å². The molecule has 0 radical (unpaired) electrons. The van der Waals surface area contributed by atoms with Crippen LogP contribution >= 0.6 is 0 Å². The summed E-state index contributed by atoms with van der Waals surface area (Å²) in [6, 6.07) is 0. The lowest BCUT2D eigenvalue weighted by atomic mass is 9.77. The van der Waals surface area contributed by atoms with E-state index in [1.807, 2.05) is 0 Å². The number of rotatable bonds is 1. The van der Waals surface area contributed by atoms with Gasteiger partial charge in [0.15, 0.2) is 5.78 Å². The number of hydrogen-bond donors (Lipinski definition) is 1. The Hall–Kier alpha value is -0.860. The standard InChI is InChI=1S/C7H11NO2/c1-5(9)8-7(2)4-3-6(7)10/h3-4H2,1-2H3,(H,8,9)/t7-/m0/s1.